The summed E-state index contributed by atoms with van der Waals surface area (Å²) >= 11 is 0. The minimum absolute atomic E-state index is 0.0779. The molecule has 1 saturated heterocycles. The molecular weight excluding hydrogens is 222 g/mol. The van der Waals surface area contributed by atoms with Gasteiger partial charge in [0.2, 0.25) is 0 Å². The van der Waals surface area contributed by atoms with Gasteiger partial charge < -0.3 is 9.74 Å². The molecule has 1 aromatic carbocycles. The SMILES string of the molecule is CO/N=C(\c1ccc([N+](=O)[O-])cc1)N1CCC1. The number of nitrogens with zero attached hydrogens (tertiary/aromatic N) is 3. The third-order valence-corrected chi connectivity index (χ3v) is 2.67. The lowest BCUT2D eigenvalue weighted by Crippen LogP contribution is -2.42. The molecule has 1 aliphatic heterocycles. The highest BCUT2D eigenvalue weighted by Crippen LogP contribution is 2.17. The lowest BCUT2D eigenvalue weighted by atomic mass is 10.1. The van der Waals surface area contributed by atoms with Crippen molar-refractivity contribution in [2.45, 2.75) is 6.42 Å². The van der Waals surface area contributed by atoms with E-state index in [1.165, 1.54) is 19.2 Å². The summed E-state index contributed by atoms with van der Waals surface area (Å²) in [5.74, 6) is 0.730. The fourth-order valence-electron chi connectivity index (χ4n) is 1.64. The summed E-state index contributed by atoms with van der Waals surface area (Å²) in [6.07, 6.45) is 1.13. The summed E-state index contributed by atoms with van der Waals surface area (Å²) in [5, 5.41) is 14.5. The van der Waals surface area contributed by atoms with Gasteiger partial charge in [0, 0.05) is 30.8 Å². The predicted molar refractivity (Wildman–Crippen MR) is 62.8 cm³/mol. The first-order valence-corrected chi connectivity index (χ1v) is 5.33. The smallest absolute Gasteiger partial charge is 0.269 e. The van der Waals surface area contributed by atoms with E-state index in [0.717, 1.165) is 30.9 Å². The van der Waals surface area contributed by atoms with Gasteiger partial charge in [-0.15, -0.1) is 0 Å². The van der Waals surface area contributed by atoms with Gasteiger partial charge in [0.15, 0.2) is 5.84 Å². The molecule has 0 saturated carbocycles. The zero-order chi connectivity index (χ0) is 12.3. The van der Waals surface area contributed by atoms with Gasteiger partial charge in [0.25, 0.3) is 5.69 Å². The Balaban J connectivity index is 2.24. The number of hydrogen-bond donors (Lipinski definition) is 0. The molecule has 0 amide bonds. The topological polar surface area (TPSA) is 68.0 Å². The van der Waals surface area contributed by atoms with Crippen LogP contribution in [0.5, 0.6) is 0 Å². The van der Waals surface area contributed by atoms with E-state index in [1.807, 2.05) is 0 Å². The van der Waals surface area contributed by atoms with Gasteiger partial charge in [-0.1, -0.05) is 5.16 Å². The van der Waals surface area contributed by atoms with Gasteiger partial charge in [0.1, 0.15) is 7.11 Å². The van der Waals surface area contributed by atoms with Gasteiger partial charge in [-0.25, -0.2) is 0 Å². The van der Waals surface area contributed by atoms with Gasteiger partial charge in [0.05, 0.1) is 4.92 Å². The van der Waals surface area contributed by atoms with E-state index < -0.39 is 4.92 Å². The van der Waals surface area contributed by atoms with Gasteiger partial charge in [-0.05, 0) is 18.6 Å². The standard InChI is InChI=1S/C11H13N3O3/c1-17-12-11(13-7-2-8-13)9-3-5-10(6-4-9)14(15)16/h3-6H,2,7-8H2,1H3/b12-11+. The highest BCUT2D eigenvalue weighted by atomic mass is 16.6. The molecule has 0 atom stereocenters. The van der Waals surface area contributed by atoms with Crippen LogP contribution in [0.4, 0.5) is 5.69 Å². The number of benzene rings is 1. The van der Waals surface area contributed by atoms with Crippen molar-refractivity contribution in [1.29, 1.82) is 0 Å². The monoisotopic (exact) mass is 235 g/mol. The number of nitro benzene ring substituents is 1. The minimum Gasteiger partial charge on any atom is -0.397 e. The molecule has 1 aromatic rings. The zero-order valence-electron chi connectivity index (χ0n) is 9.50. The van der Waals surface area contributed by atoms with Crippen LogP contribution in [0.25, 0.3) is 0 Å². The fraction of sp³-hybridized carbons (Fsp3) is 0.364. The van der Waals surface area contributed by atoms with Crippen molar-refractivity contribution in [1.82, 2.24) is 4.90 Å². The summed E-state index contributed by atoms with van der Waals surface area (Å²) in [7, 11) is 1.49. The first-order chi connectivity index (χ1) is 8.22. The normalized spacial score (nSPS) is 15.4. The lowest BCUT2D eigenvalue weighted by Gasteiger charge is -2.33. The predicted octanol–water partition coefficient (Wildman–Crippen LogP) is 1.61. The van der Waals surface area contributed by atoms with Crippen LogP contribution in [0.3, 0.4) is 0 Å². The highest BCUT2D eigenvalue weighted by Gasteiger charge is 2.21. The average Bonchev–Trinajstić information content (AvgIpc) is 2.26. The zero-order valence-corrected chi connectivity index (χ0v) is 9.50. The quantitative estimate of drug-likeness (QED) is 0.345. The van der Waals surface area contributed by atoms with E-state index in [1.54, 1.807) is 12.1 Å². The highest BCUT2D eigenvalue weighted by molar-refractivity contribution is 5.99. The van der Waals surface area contributed by atoms with E-state index in [0.29, 0.717) is 0 Å². The summed E-state index contributed by atoms with van der Waals surface area (Å²) in [5.41, 5.74) is 0.909. The number of oxime groups is 1. The molecule has 90 valence electrons. The fourth-order valence-corrected chi connectivity index (χ4v) is 1.64. The molecule has 0 bridgehead atoms. The molecule has 0 N–H and O–H groups in total. The molecule has 0 aromatic heterocycles. The van der Waals surface area contributed by atoms with Crippen molar-refractivity contribution in [3.8, 4) is 0 Å². The molecule has 0 radical (unpaired) electrons. The van der Waals surface area contributed by atoms with Crippen molar-refractivity contribution in [3.63, 3.8) is 0 Å². The Labute approximate surface area is 98.6 Å². The van der Waals surface area contributed by atoms with Gasteiger partial charge in [-0.2, -0.15) is 0 Å². The van der Waals surface area contributed by atoms with Crippen molar-refractivity contribution >= 4 is 11.5 Å². The summed E-state index contributed by atoms with van der Waals surface area (Å²) in [6, 6.07) is 6.32. The summed E-state index contributed by atoms with van der Waals surface area (Å²) in [4.78, 5) is 17.0. The van der Waals surface area contributed by atoms with E-state index in [-0.39, 0.29) is 5.69 Å². The molecule has 0 aliphatic carbocycles. The Bertz CT molecular complexity index is 438. The van der Waals surface area contributed by atoms with Gasteiger partial charge >= 0.3 is 0 Å². The molecule has 0 spiro atoms. The molecule has 0 unspecified atom stereocenters. The number of amidine groups is 1. The average molecular weight is 235 g/mol. The second-order valence-electron chi connectivity index (χ2n) is 3.74. The number of non-ortho nitro benzene ring substituents is 1. The van der Waals surface area contributed by atoms with Crippen LogP contribution in [-0.2, 0) is 4.84 Å². The van der Waals surface area contributed by atoms with Crippen LogP contribution in [0.2, 0.25) is 0 Å². The third kappa shape index (κ3) is 2.35. The molecule has 6 nitrogen and oxygen atoms in total. The maximum absolute atomic E-state index is 10.5. The molecule has 17 heavy (non-hydrogen) atoms. The van der Waals surface area contributed by atoms with E-state index in [4.69, 9.17) is 4.84 Å². The minimum atomic E-state index is -0.416. The second kappa shape index (κ2) is 4.82. The first-order valence-electron chi connectivity index (χ1n) is 5.33. The largest absolute Gasteiger partial charge is 0.397 e. The molecule has 6 heteroatoms. The number of hydrogen-bond acceptors (Lipinski definition) is 4. The molecule has 2 rings (SSSR count). The van der Waals surface area contributed by atoms with Crippen molar-refractivity contribution in [2.24, 2.45) is 5.16 Å². The van der Waals surface area contributed by atoms with Gasteiger partial charge in [-0.3, -0.25) is 10.1 Å². The molecule has 1 aliphatic rings. The van der Waals surface area contributed by atoms with Crippen LogP contribution in [-0.4, -0.2) is 35.9 Å². The maximum atomic E-state index is 10.5. The Morgan fingerprint density at radius 2 is 2.06 bits per heavy atom. The van der Waals surface area contributed by atoms with Crippen molar-refractivity contribution < 1.29 is 9.76 Å². The summed E-state index contributed by atoms with van der Waals surface area (Å²) < 4.78 is 0. The lowest BCUT2D eigenvalue weighted by molar-refractivity contribution is -0.384. The Kier molecular flexibility index (Phi) is 3.22. The molecular formula is C11H13N3O3. The van der Waals surface area contributed by atoms with Crippen LogP contribution in [0.1, 0.15) is 12.0 Å². The summed E-state index contributed by atoms with van der Waals surface area (Å²) in [6.45, 7) is 1.89. The Morgan fingerprint density at radius 3 is 2.47 bits per heavy atom. The van der Waals surface area contributed by atoms with Crippen LogP contribution in [0, 0.1) is 10.1 Å². The van der Waals surface area contributed by atoms with Crippen LogP contribution in [0.15, 0.2) is 29.4 Å². The van der Waals surface area contributed by atoms with Crippen LogP contribution < -0.4 is 0 Å². The second-order valence-corrected chi connectivity index (χ2v) is 3.74. The number of likely N-dealkylation sites (tertiary alicyclic amines) is 1. The molecule has 1 heterocycles. The third-order valence-electron chi connectivity index (χ3n) is 2.67. The van der Waals surface area contributed by atoms with E-state index >= 15 is 0 Å². The first kappa shape index (κ1) is 11.4. The van der Waals surface area contributed by atoms with Crippen molar-refractivity contribution in [2.75, 3.05) is 20.2 Å². The molecule has 1 fully saturated rings. The van der Waals surface area contributed by atoms with Crippen molar-refractivity contribution in [3.05, 3.63) is 39.9 Å². The van der Waals surface area contributed by atoms with E-state index in [2.05, 4.69) is 10.1 Å². The number of rotatable bonds is 3. The van der Waals surface area contributed by atoms with E-state index in [9.17, 15) is 10.1 Å². The Morgan fingerprint density at radius 1 is 1.41 bits per heavy atom. The maximum Gasteiger partial charge on any atom is 0.269 e. The Hall–Kier alpha value is -2.11. The van der Waals surface area contributed by atoms with Crippen LogP contribution >= 0.6 is 0 Å². The number of nitro groups is 1.